The van der Waals surface area contributed by atoms with Crippen molar-refractivity contribution < 1.29 is 4.79 Å². The number of hydrogen-bond acceptors (Lipinski definition) is 3. The fourth-order valence-electron chi connectivity index (χ4n) is 1.64. The van der Waals surface area contributed by atoms with Gasteiger partial charge in [0.15, 0.2) is 0 Å². The maximum Gasteiger partial charge on any atom is 0.238 e. The Morgan fingerprint density at radius 1 is 1.15 bits per heavy atom. The number of rotatable bonds is 5. The van der Waals surface area contributed by atoms with Gasteiger partial charge in [-0.05, 0) is 30.3 Å². The zero-order valence-electron chi connectivity index (χ0n) is 10.6. The molecule has 4 nitrogen and oxygen atoms in total. The van der Waals surface area contributed by atoms with E-state index < -0.39 is 0 Å². The summed E-state index contributed by atoms with van der Waals surface area (Å²) >= 11 is 11.7. The maximum absolute atomic E-state index is 11.7. The number of benzene rings is 1. The van der Waals surface area contributed by atoms with Crippen molar-refractivity contribution in [3.8, 4) is 0 Å². The molecule has 0 fully saturated rings. The van der Waals surface area contributed by atoms with Gasteiger partial charge in [-0.1, -0.05) is 29.3 Å². The number of aromatic nitrogens is 1. The third-order valence-electron chi connectivity index (χ3n) is 2.46. The van der Waals surface area contributed by atoms with E-state index in [1.165, 1.54) is 0 Å². The van der Waals surface area contributed by atoms with Crippen molar-refractivity contribution in [3.05, 3.63) is 58.3 Å². The standard InChI is InChI=1S/C14H13Cl2N3O/c15-10-5-11(16)7-13(6-10)19-14(20)9-17-8-12-3-1-2-4-18-12/h1-7,17H,8-9H2,(H,19,20). The molecule has 104 valence electrons. The van der Waals surface area contributed by atoms with Gasteiger partial charge in [0.2, 0.25) is 5.91 Å². The molecule has 1 aromatic heterocycles. The minimum atomic E-state index is -0.167. The highest BCUT2D eigenvalue weighted by Gasteiger charge is 2.04. The molecule has 1 amide bonds. The second kappa shape index (κ2) is 7.24. The van der Waals surface area contributed by atoms with Gasteiger partial charge in [0, 0.05) is 28.5 Å². The Balaban J connectivity index is 1.81. The van der Waals surface area contributed by atoms with Gasteiger partial charge in [0.25, 0.3) is 0 Å². The molecule has 2 rings (SSSR count). The van der Waals surface area contributed by atoms with Gasteiger partial charge < -0.3 is 10.6 Å². The Morgan fingerprint density at radius 3 is 2.55 bits per heavy atom. The molecule has 0 aliphatic rings. The minimum absolute atomic E-state index is 0.167. The average molecular weight is 310 g/mol. The summed E-state index contributed by atoms with van der Waals surface area (Å²) in [4.78, 5) is 15.9. The molecule has 6 heteroatoms. The first-order valence-electron chi connectivity index (χ1n) is 6.00. The molecule has 0 unspecified atom stereocenters. The van der Waals surface area contributed by atoms with E-state index in [2.05, 4.69) is 15.6 Å². The second-order valence-electron chi connectivity index (χ2n) is 4.13. The molecule has 0 saturated carbocycles. The number of carbonyl (C=O) groups excluding carboxylic acids is 1. The van der Waals surface area contributed by atoms with Gasteiger partial charge in [0.05, 0.1) is 12.2 Å². The predicted molar refractivity (Wildman–Crippen MR) is 81.0 cm³/mol. The molecule has 0 saturated heterocycles. The molecule has 0 radical (unpaired) electrons. The second-order valence-corrected chi connectivity index (χ2v) is 5.00. The first-order valence-corrected chi connectivity index (χ1v) is 6.75. The number of nitrogens with one attached hydrogen (secondary N) is 2. The number of nitrogens with zero attached hydrogens (tertiary/aromatic N) is 1. The van der Waals surface area contributed by atoms with Crippen LogP contribution in [0.1, 0.15) is 5.69 Å². The molecule has 2 aromatic rings. The molecule has 0 aliphatic carbocycles. The van der Waals surface area contributed by atoms with Crippen LogP contribution < -0.4 is 10.6 Å². The number of carbonyl (C=O) groups is 1. The van der Waals surface area contributed by atoms with Crippen LogP contribution in [-0.4, -0.2) is 17.4 Å². The average Bonchev–Trinajstić information content (AvgIpc) is 2.38. The first-order chi connectivity index (χ1) is 9.63. The summed E-state index contributed by atoms with van der Waals surface area (Å²) in [6.07, 6.45) is 1.71. The lowest BCUT2D eigenvalue weighted by Crippen LogP contribution is -2.27. The SMILES string of the molecule is O=C(CNCc1ccccn1)Nc1cc(Cl)cc(Cl)c1. The molecular formula is C14H13Cl2N3O. The Morgan fingerprint density at radius 2 is 1.90 bits per heavy atom. The number of amides is 1. The third kappa shape index (κ3) is 4.81. The van der Waals surface area contributed by atoms with Crippen molar-refractivity contribution in [2.75, 3.05) is 11.9 Å². The van der Waals surface area contributed by atoms with Crippen LogP contribution in [0.5, 0.6) is 0 Å². The van der Waals surface area contributed by atoms with E-state index in [9.17, 15) is 4.79 Å². The number of anilines is 1. The maximum atomic E-state index is 11.7. The van der Waals surface area contributed by atoms with Crippen LogP contribution in [0.4, 0.5) is 5.69 Å². The van der Waals surface area contributed by atoms with E-state index in [0.29, 0.717) is 22.3 Å². The van der Waals surface area contributed by atoms with Gasteiger partial charge in [0.1, 0.15) is 0 Å². The van der Waals surface area contributed by atoms with Crippen LogP contribution in [0.3, 0.4) is 0 Å². The van der Waals surface area contributed by atoms with Crippen molar-refractivity contribution in [1.82, 2.24) is 10.3 Å². The Labute approximate surface area is 127 Å². The largest absolute Gasteiger partial charge is 0.325 e. The van der Waals surface area contributed by atoms with Crippen molar-refractivity contribution >= 4 is 34.8 Å². The lowest BCUT2D eigenvalue weighted by Gasteiger charge is -2.07. The molecule has 0 atom stereocenters. The van der Waals surface area contributed by atoms with Crippen molar-refractivity contribution in [2.45, 2.75) is 6.54 Å². The summed E-state index contributed by atoms with van der Waals surface area (Å²) in [6.45, 7) is 0.714. The molecule has 20 heavy (non-hydrogen) atoms. The third-order valence-corrected chi connectivity index (χ3v) is 2.90. The molecule has 1 heterocycles. The van der Waals surface area contributed by atoms with E-state index in [-0.39, 0.29) is 12.5 Å². The molecular weight excluding hydrogens is 297 g/mol. The zero-order valence-corrected chi connectivity index (χ0v) is 12.1. The van der Waals surface area contributed by atoms with Gasteiger partial charge in [-0.2, -0.15) is 0 Å². The van der Waals surface area contributed by atoms with Gasteiger partial charge in [-0.3, -0.25) is 9.78 Å². The van der Waals surface area contributed by atoms with Crippen LogP contribution in [0.15, 0.2) is 42.6 Å². The van der Waals surface area contributed by atoms with Crippen molar-refractivity contribution in [2.24, 2.45) is 0 Å². The van der Waals surface area contributed by atoms with Crippen LogP contribution in [0.25, 0.3) is 0 Å². The summed E-state index contributed by atoms with van der Waals surface area (Å²) in [7, 11) is 0. The summed E-state index contributed by atoms with van der Waals surface area (Å²) in [5.41, 5.74) is 1.46. The van der Waals surface area contributed by atoms with E-state index >= 15 is 0 Å². The molecule has 2 N–H and O–H groups in total. The molecule has 0 aliphatic heterocycles. The topological polar surface area (TPSA) is 54.0 Å². The summed E-state index contributed by atoms with van der Waals surface area (Å²) in [6, 6.07) is 10.5. The smallest absolute Gasteiger partial charge is 0.238 e. The number of hydrogen-bond donors (Lipinski definition) is 2. The highest BCUT2D eigenvalue weighted by atomic mass is 35.5. The van der Waals surface area contributed by atoms with Crippen LogP contribution in [-0.2, 0) is 11.3 Å². The Kier molecular flexibility index (Phi) is 5.35. The summed E-state index contributed by atoms with van der Waals surface area (Å²) < 4.78 is 0. The van der Waals surface area contributed by atoms with Gasteiger partial charge in [-0.15, -0.1) is 0 Å². The zero-order chi connectivity index (χ0) is 14.4. The van der Waals surface area contributed by atoms with E-state index in [0.717, 1.165) is 5.69 Å². The van der Waals surface area contributed by atoms with Crippen LogP contribution in [0, 0.1) is 0 Å². The number of pyridine rings is 1. The van der Waals surface area contributed by atoms with Crippen LogP contribution in [0.2, 0.25) is 10.0 Å². The van der Waals surface area contributed by atoms with Gasteiger partial charge in [-0.25, -0.2) is 0 Å². The predicted octanol–water partition coefficient (Wildman–Crippen LogP) is 3.12. The highest BCUT2D eigenvalue weighted by Crippen LogP contribution is 2.22. The summed E-state index contributed by atoms with van der Waals surface area (Å²) in [5, 5.41) is 6.69. The molecule has 1 aromatic carbocycles. The fraction of sp³-hybridized carbons (Fsp3) is 0.143. The Bertz CT molecular complexity index is 570. The normalized spacial score (nSPS) is 10.3. The van der Waals surface area contributed by atoms with Gasteiger partial charge >= 0.3 is 0 Å². The summed E-state index contributed by atoms with van der Waals surface area (Å²) in [5.74, 6) is -0.167. The monoisotopic (exact) mass is 309 g/mol. The highest BCUT2D eigenvalue weighted by molar-refractivity contribution is 6.35. The Hall–Kier alpha value is -1.62. The first kappa shape index (κ1) is 14.8. The minimum Gasteiger partial charge on any atom is -0.325 e. The van der Waals surface area contributed by atoms with Crippen LogP contribution >= 0.6 is 23.2 Å². The number of halogens is 2. The fourth-order valence-corrected chi connectivity index (χ4v) is 2.16. The van der Waals surface area contributed by atoms with E-state index in [1.54, 1.807) is 24.4 Å². The van der Waals surface area contributed by atoms with Crippen molar-refractivity contribution in [3.63, 3.8) is 0 Å². The lowest BCUT2D eigenvalue weighted by atomic mass is 10.3. The molecule has 0 bridgehead atoms. The van der Waals surface area contributed by atoms with E-state index in [4.69, 9.17) is 23.2 Å². The quantitative estimate of drug-likeness (QED) is 0.892. The lowest BCUT2D eigenvalue weighted by molar-refractivity contribution is -0.115. The van der Waals surface area contributed by atoms with E-state index in [1.807, 2.05) is 18.2 Å². The van der Waals surface area contributed by atoms with Crippen molar-refractivity contribution in [1.29, 1.82) is 0 Å². The molecule has 0 spiro atoms.